The molecule has 2 bridgehead atoms. The fourth-order valence-corrected chi connectivity index (χ4v) is 5.34. The Kier molecular flexibility index (Phi) is 5.11. The Morgan fingerprint density at radius 2 is 1.91 bits per heavy atom. The second-order valence-electron chi connectivity index (χ2n) is 8.79. The molecule has 0 amide bonds. The SMILES string of the molecule is Cc1cc(C(=O)COC(=O)[C@@H]2[C@@H]3C[C@@H]4[C@@H]2C(=O)O[C@@H]4C3)ccc1Oc1ccc([N+](=O)[O-])cc1. The minimum Gasteiger partial charge on any atom is -0.462 e. The first-order valence-electron chi connectivity index (χ1n) is 10.7. The van der Waals surface area contributed by atoms with E-state index in [1.807, 2.05) is 0 Å². The largest absolute Gasteiger partial charge is 0.462 e. The van der Waals surface area contributed by atoms with Crippen LogP contribution in [0.25, 0.3) is 0 Å². The van der Waals surface area contributed by atoms with E-state index in [4.69, 9.17) is 14.2 Å². The molecule has 33 heavy (non-hydrogen) atoms. The number of benzene rings is 2. The Hall–Kier alpha value is -3.75. The number of carbonyl (C=O) groups is 3. The second kappa shape index (κ2) is 7.99. The highest BCUT2D eigenvalue weighted by molar-refractivity contribution is 5.98. The van der Waals surface area contributed by atoms with Crippen LogP contribution in [0.2, 0.25) is 0 Å². The highest BCUT2D eigenvalue weighted by Gasteiger charge is 2.64. The molecule has 9 nitrogen and oxygen atoms in total. The first-order valence-corrected chi connectivity index (χ1v) is 10.7. The third kappa shape index (κ3) is 3.73. The van der Waals surface area contributed by atoms with E-state index in [1.165, 1.54) is 24.3 Å². The lowest BCUT2D eigenvalue weighted by atomic mass is 9.80. The fraction of sp³-hybridized carbons (Fsp3) is 0.375. The van der Waals surface area contributed by atoms with Gasteiger partial charge in [-0.15, -0.1) is 0 Å². The van der Waals surface area contributed by atoms with Gasteiger partial charge < -0.3 is 14.2 Å². The summed E-state index contributed by atoms with van der Waals surface area (Å²) in [4.78, 5) is 47.6. The van der Waals surface area contributed by atoms with Crippen molar-refractivity contribution in [3.05, 3.63) is 63.7 Å². The number of nitrogens with zero attached hydrogens (tertiary/aromatic N) is 1. The summed E-state index contributed by atoms with van der Waals surface area (Å²) in [5.74, 6) is -1.04. The molecule has 2 aliphatic carbocycles. The summed E-state index contributed by atoms with van der Waals surface area (Å²) < 4.78 is 16.4. The van der Waals surface area contributed by atoms with Crippen LogP contribution in [0.5, 0.6) is 11.5 Å². The molecule has 2 saturated carbocycles. The van der Waals surface area contributed by atoms with E-state index >= 15 is 0 Å². The molecule has 3 fully saturated rings. The monoisotopic (exact) mass is 451 g/mol. The van der Waals surface area contributed by atoms with Gasteiger partial charge in [-0.3, -0.25) is 24.5 Å². The van der Waals surface area contributed by atoms with Crippen molar-refractivity contribution in [3.8, 4) is 11.5 Å². The minimum absolute atomic E-state index is 0.0374. The first kappa shape index (κ1) is 21.1. The van der Waals surface area contributed by atoms with Gasteiger partial charge in [0.15, 0.2) is 12.4 Å². The maximum absolute atomic E-state index is 12.7. The lowest BCUT2D eigenvalue weighted by Crippen LogP contribution is -2.34. The normalized spacial score (nSPS) is 26.7. The predicted octanol–water partition coefficient (Wildman–Crippen LogP) is 3.62. The van der Waals surface area contributed by atoms with Crippen molar-refractivity contribution >= 4 is 23.4 Å². The van der Waals surface area contributed by atoms with E-state index in [9.17, 15) is 24.5 Å². The van der Waals surface area contributed by atoms with Gasteiger partial charge in [-0.05, 0) is 61.6 Å². The Morgan fingerprint density at radius 3 is 2.61 bits per heavy atom. The van der Waals surface area contributed by atoms with Gasteiger partial charge in [0.05, 0.1) is 16.8 Å². The van der Waals surface area contributed by atoms with Crippen molar-refractivity contribution in [3.63, 3.8) is 0 Å². The highest BCUT2D eigenvalue weighted by atomic mass is 16.6. The molecule has 3 aliphatic rings. The lowest BCUT2D eigenvalue weighted by molar-refractivity contribution is -0.384. The molecular formula is C24H21NO8. The minimum atomic E-state index is -0.520. The number of Topliss-reactive ketones (excluding diaryl/α,β-unsaturated/α-hetero) is 1. The number of nitro benzene ring substituents is 1. The summed E-state index contributed by atoms with van der Waals surface area (Å²) in [6.45, 7) is 1.36. The van der Waals surface area contributed by atoms with E-state index < -0.39 is 29.3 Å². The van der Waals surface area contributed by atoms with Gasteiger partial charge in [-0.2, -0.15) is 0 Å². The third-order valence-corrected chi connectivity index (χ3v) is 6.87. The molecule has 9 heteroatoms. The highest BCUT2D eigenvalue weighted by Crippen LogP contribution is 2.57. The first-order chi connectivity index (χ1) is 15.8. The number of nitro groups is 1. The molecule has 0 radical (unpaired) electrons. The van der Waals surface area contributed by atoms with E-state index in [1.54, 1.807) is 25.1 Å². The van der Waals surface area contributed by atoms with E-state index in [2.05, 4.69) is 0 Å². The van der Waals surface area contributed by atoms with Crippen molar-refractivity contribution in [1.82, 2.24) is 0 Å². The van der Waals surface area contributed by atoms with Gasteiger partial charge in [0.25, 0.3) is 5.69 Å². The molecule has 1 saturated heterocycles. The Morgan fingerprint density at radius 1 is 1.15 bits per heavy atom. The molecule has 2 aromatic carbocycles. The van der Waals surface area contributed by atoms with E-state index in [-0.39, 0.29) is 35.4 Å². The van der Waals surface area contributed by atoms with Gasteiger partial charge in [0.1, 0.15) is 17.6 Å². The van der Waals surface area contributed by atoms with Crippen LogP contribution >= 0.6 is 0 Å². The molecule has 0 spiro atoms. The van der Waals surface area contributed by atoms with Crippen molar-refractivity contribution in [1.29, 1.82) is 0 Å². The van der Waals surface area contributed by atoms with Gasteiger partial charge in [-0.1, -0.05) is 0 Å². The quantitative estimate of drug-likeness (QED) is 0.271. The van der Waals surface area contributed by atoms with Crippen LogP contribution in [0.4, 0.5) is 5.69 Å². The zero-order valence-corrected chi connectivity index (χ0v) is 17.8. The number of ether oxygens (including phenoxy) is 3. The average Bonchev–Trinajstić information content (AvgIpc) is 3.42. The number of aryl methyl sites for hydroxylation is 1. The van der Waals surface area contributed by atoms with Gasteiger partial charge in [0, 0.05) is 23.6 Å². The van der Waals surface area contributed by atoms with Crippen LogP contribution in [0, 0.1) is 40.7 Å². The van der Waals surface area contributed by atoms with E-state index in [0.29, 0.717) is 29.0 Å². The molecule has 0 unspecified atom stereocenters. The number of hydrogen-bond acceptors (Lipinski definition) is 8. The van der Waals surface area contributed by atoms with Gasteiger partial charge in [0.2, 0.25) is 0 Å². The van der Waals surface area contributed by atoms with Crippen LogP contribution in [0.15, 0.2) is 42.5 Å². The Labute approximate surface area is 188 Å². The molecule has 5 rings (SSSR count). The van der Waals surface area contributed by atoms with Gasteiger partial charge >= 0.3 is 11.9 Å². The fourth-order valence-electron chi connectivity index (χ4n) is 5.34. The Balaban J connectivity index is 1.20. The molecule has 1 aliphatic heterocycles. The van der Waals surface area contributed by atoms with Crippen LogP contribution in [0.1, 0.15) is 28.8 Å². The third-order valence-electron chi connectivity index (χ3n) is 6.87. The topological polar surface area (TPSA) is 122 Å². The van der Waals surface area contributed by atoms with Crippen LogP contribution < -0.4 is 4.74 Å². The number of hydrogen-bond donors (Lipinski definition) is 0. The average molecular weight is 451 g/mol. The number of non-ortho nitro benzene ring substituents is 1. The summed E-state index contributed by atoms with van der Waals surface area (Å²) in [5, 5.41) is 10.8. The molecule has 2 aromatic rings. The number of carbonyl (C=O) groups excluding carboxylic acids is 3. The van der Waals surface area contributed by atoms with Crippen LogP contribution in [0.3, 0.4) is 0 Å². The number of fused-ring (bicyclic) bond motifs is 1. The summed E-state index contributed by atoms with van der Waals surface area (Å²) >= 11 is 0. The molecular weight excluding hydrogens is 430 g/mol. The molecule has 5 atom stereocenters. The maximum atomic E-state index is 12.7. The maximum Gasteiger partial charge on any atom is 0.310 e. The standard InChI is InChI=1S/C24H21NO8/c1-12-8-13(2-7-19(12)32-16-5-3-15(4-6-16)25(29)30)18(26)11-31-23(27)21-14-9-17-20(10-14)33-24(28)22(17)21/h2-8,14,17,20-22H,9-11H2,1H3/t14-,17+,20-,21-,22+/m1/s1. The number of esters is 2. The number of ketones is 1. The van der Waals surface area contributed by atoms with Crippen molar-refractivity contribution in [2.45, 2.75) is 25.9 Å². The van der Waals surface area contributed by atoms with Crippen molar-refractivity contribution in [2.24, 2.45) is 23.7 Å². The van der Waals surface area contributed by atoms with Crippen molar-refractivity contribution < 1.29 is 33.5 Å². The van der Waals surface area contributed by atoms with Crippen LogP contribution in [-0.4, -0.2) is 35.4 Å². The summed E-state index contributed by atoms with van der Waals surface area (Å²) in [5.41, 5.74) is 1.01. The zero-order chi connectivity index (χ0) is 23.3. The second-order valence-corrected chi connectivity index (χ2v) is 8.79. The summed E-state index contributed by atoms with van der Waals surface area (Å²) in [7, 11) is 0. The summed E-state index contributed by atoms with van der Waals surface area (Å²) in [6.07, 6.45) is 1.42. The molecule has 170 valence electrons. The predicted molar refractivity (Wildman–Crippen MR) is 113 cm³/mol. The van der Waals surface area contributed by atoms with Gasteiger partial charge in [-0.25, -0.2) is 0 Å². The Bertz CT molecular complexity index is 1160. The smallest absolute Gasteiger partial charge is 0.310 e. The van der Waals surface area contributed by atoms with E-state index in [0.717, 1.165) is 6.42 Å². The molecule has 1 heterocycles. The zero-order valence-electron chi connectivity index (χ0n) is 17.8. The molecule has 0 N–H and O–H groups in total. The lowest BCUT2D eigenvalue weighted by Gasteiger charge is -2.22. The van der Waals surface area contributed by atoms with Crippen molar-refractivity contribution in [2.75, 3.05) is 6.61 Å². The molecule has 0 aromatic heterocycles. The summed E-state index contributed by atoms with van der Waals surface area (Å²) in [6, 6.07) is 10.5. The number of rotatable bonds is 7. The van der Waals surface area contributed by atoms with Crippen LogP contribution in [-0.2, 0) is 19.1 Å².